The SMILES string of the molecule is C[C@@H]1NC(=O)[C@H](CC(N)=O)NC(=O)[C@H](CCCCN)NC(=O)[C@H](Cc2ccccc2)NC(=O)[C@H](Cc2ccc(O)cc2)NC1=O. The maximum atomic E-state index is 13.7. The first kappa shape index (κ1) is 34.5. The molecule has 0 radical (unpaired) electrons. The summed E-state index contributed by atoms with van der Waals surface area (Å²) < 4.78 is 0. The molecule has 1 heterocycles. The van der Waals surface area contributed by atoms with Gasteiger partial charge < -0.3 is 43.2 Å². The zero-order valence-electron chi connectivity index (χ0n) is 25.1. The number of phenolic OH excluding ortho intramolecular Hbond substituents is 1. The minimum Gasteiger partial charge on any atom is -0.508 e. The van der Waals surface area contributed by atoms with Gasteiger partial charge in [0.25, 0.3) is 0 Å². The summed E-state index contributed by atoms with van der Waals surface area (Å²) in [5.74, 6) is -4.55. The van der Waals surface area contributed by atoms with Gasteiger partial charge in [0.1, 0.15) is 36.0 Å². The summed E-state index contributed by atoms with van der Waals surface area (Å²) in [6, 6.07) is 8.85. The van der Waals surface area contributed by atoms with E-state index in [9.17, 15) is 33.9 Å². The summed E-state index contributed by atoms with van der Waals surface area (Å²) >= 11 is 0. The quantitative estimate of drug-likeness (QED) is 0.147. The average molecular weight is 624 g/mol. The number of nitrogens with two attached hydrogens (primary N) is 2. The third-order valence-electron chi connectivity index (χ3n) is 7.30. The number of carbonyl (C=O) groups excluding carboxylic acids is 6. The van der Waals surface area contributed by atoms with Crippen LogP contribution in [0.2, 0.25) is 0 Å². The molecule has 3 rings (SSSR count). The molecule has 0 unspecified atom stereocenters. The first-order valence-electron chi connectivity index (χ1n) is 14.8. The van der Waals surface area contributed by atoms with Crippen molar-refractivity contribution in [1.29, 1.82) is 0 Å². The van der Waals surface area contributed by atoms with Gasteiger partial charge >= 0.3 is 0 Å². The van der Waals surface area contributed by atoms with Crippen LogP contribution in [0.25, 0.3) is 0 Å². The van der Waals surface area contributed by atoms with Gasteiger partial charge in [-0.15, -0.1) is 0 Å². The van der Waals surface area contributed by atoms with Gasteiger partial charge in [-0.05, 0) is 56.0 Å². The lowest BCUT2D eigenvalue weighted by Gasteiger charge is -2.26. The number of amides is 6. The summed E-state index contributed by atoms with van der Waals surface area (Å²) in [6.07, 6.45) is 0.669. The summed E-state index contributed by atoms with van der Waals surface area (Å²) in [5.41, 5.74) is 12.3. The average Bonchev–Trinajstić information content (AvgIpc) is 3.00. The van der Waals surface area contributed by atoms with Crippen molar-refractivity contribution in [3.63, 3.8) is 0 Å². The van der Waals surface area contributed by atoms with Crippen molar-refractivity contribution in [3.05, 3.63) is 65.7 Å². The number of primary amides is 1. The highest BCUT2D eigenvalue weighted by Gasteiger charge is 2.34. The van der Waals surface area contributed by atoms with Crippen LogP contribution in [0.4, 0.5) is 0 Å². The molecular weight excluding hydrogens is 582 g/mol. The number of aromatic hydroxyl groups is 1. The highest BCUT2D eigenvalue weighted by Crippen LogP contribution is 2.13. The second-order valence-corrected chi connectivity index (χ2v) is 11.0. The van der Waals surface area contributed by atoms with Crippen LogP contribution in [0.15, 0.2) is 54.6 Å². The van der Waals surface area contributed by atoms with Crippen LogP contribution in [0.1, 0.15) is 43.7 Å². The molecule has 0 aliphatic carbocycles. The summed E-state index contributed by atoms with van der Waals surface area (Å²) in [7, 11) is 0. The van der Waals surface area contributed by atoms with Gasteiger partial charge in [0.15, 0.2) is 0 Å². The van der Waals surface area contributed by atoms with E-state index in [-0.39, 0.29) is 25.0 Å². The van der Waals surface area contributed by atoms with E-state index in [4.69, 9.17) is 11.5 Å². The Morgan fingerprint density at radius 1 is 0.667 bits per heavy atom. The van der Waals surface area contributed by atoms with Crippen LogP contribution in [-0.2, 0) is 41.6 Å². The van der Waals surface area contributed by atoms with Crippen molar-refractivity contribution in [1.82, 2.24) is 26.6 Å². The van der Waals surface area contributed by atoms with Crippen molar-refractivity contribution in [2.45, 2.75) is 75.7 Å². The highest BCUT2D eigenvalue weighted by atomic mass is 16.3. The van der Waals surface area contributed by atoms with Crippen LogP contribution >= 0.6 is 0 Å². The number of carbonyl (C=O) groups is 6. The lowest BCUT2D eigenvalue weighted by Crippen LogP contribution is -2.58. The molecule has 14 nitrogen and oxygen atoms in total. The standard InChI is InChI=1S/C31H41N7O7/c1-18-27(41)36-23(16-20-10-12-21(39)13-11-20)31(45)37-24(15-19-7-3-2-4-8-19)30(44)35-22(9-5-6-14-32)28(42)38-25(17-26(33)40)29(43)34-18/h2-4,7-8,10-13,18,22-25,39H,5-6,9,14-17,32H2,1H3,(H2,33,40)(H,34,43)(H,35,44)(H,36,41)(H,37,45)(H,38,42)/t18-,22-,23-,24-,25-/m0/s1. The zero-order chi connectivity index (χ0) is 32.9. The minimum absolute atomic E-state index is 0.00967. The summed E-state index contributed by atoms with van der Waals surface area (Å²) in [5, 5.41) is 22.7. The Morgan fingerprint density at radius 3 is 1.73 bits per heavy atom. The number of phenols is 1. The first-order chi connectivity index (χ1) is 21.5. The minimum atomic E-state index is -1.43. The van der Waals surface area contributed by atoms with Crippen LogP contribution in [-0.4, -0.2) is 77.3 Å². The Morgan fingerprint density at radius 2 is 1.16 bits per heavy atom. The fourth-order valence-corrected chi connectivity index (χ4v) is 4.80. The molecular formula is C31H41N7O7. The summed E-state index contributed by atoms with van der Waals surface area (Å²) in [4.78, 5) is 79.0. The molecule has 14 heteroatoms. The molecule has 6 amide bonds. The number of unbranched alkanes of at least 4 members (excludes halogenated alkanes) is 1. The molecule has 1 aliphatic rings. The fourth-order valence-electron chi connectivity index (χ4n) is 4.80. The predicted octanol–water partition coefficient (Wildman–Crippen LogP) is -1.36. The molecule has 5 atom stereocenters. The van der Waals surface area contributed by atoms with Gasteiger partial charge in [0.2, 0.25) is 35.4 Å². The molecule has 1 saturated heterocycles. The second-order valence-electron chi connectivity index (χ2n) is 11.0. The van der Waals surface area contributed by atoms with Gasteiger partial charge in [0, 0.05) is 12.8 Å². The van der Waals surface area contributed by atoms with Crippen LogP contribution in [0.5, 0.6) is 5.75 Å². The molecule has 0 aromatic heterocycles. The molecule has 1 aliphatic heterocycles. The Kier molecular flexibility index (Phi) is 12.8. The normalized spacial score (nSPS) is 23.3. The van der Waals surface area contributed by atoms with E-state index in [1.54, 1.807) is 42.5 Å². The van der Waals surface area contributed by atoms with Gasteiger partial charge in [0.05, 0.1) is 6.42 Å². The lowest BCUT2D eigenvalue weighted by molar-refractivity contribution is -0.135. The smallest absolute Gasteiger partial charge is 0.243 e. The molecule has 2 aromatic rings. The topological polar surface area (TPSA) is 235 Å². The van der Waals surface area contributed by atoms with Crippen molar-refractivity contribution in [3.8, 4) is 5.75 Å². The molecule has 0 saturated carbocycles. The molecule has 2 aromatic carbocycles. The third-order valence-corrected chi connectivity index (χ3v) is 7.30. The molecule has 1 fully saturated rings. The van der Waals surface area contributed by atoms with E-state index in [0.29, 0.717) is 24.9 Å². The molecule has 45 heavy (non-hydrogen) atoms. The number of benzene rings is 2. The largest absolute Gasteiger partial charge is 0.508 e. The Bertz CT molecular complexity index is 1350. The third kappa shape index (κ3) is 10.9. The molecule has 0 bridgehead atoms. The molecule has 0 spiro atoms. The van der Waals surface area contributed by atoms with Gasteiger partial charge in [-0.25, -0.2) is 0 Å². The van der Waals surface area contributed by atoms with Crippen molar-refractivity contribution >= 4 is 35.4 Å². The number of rotatable bonds is 10. The Balaban J connectivity index is 2.02. The van der Waals surface area contributed by atoms with Crippen molar-refractivity contribution in [2.75, 3.05) is 6.54 Å². The number of hydrogen-bond acceptors (Lipinski definition) is 8. The maximum Gasteiger partial charge on any atom is 0.243 e. The highest BCUT2D eigenvalue weighted by molar-refractivity contribution is 5.99. The molecule has 242 valence electrons. The van der Waals surface area contributed by atoms with E-state index in [1.807, 2.05) is 0 Å². The number of hydrogen-bond donors (Lipinski definition) is 8. The van der Waals surface area contributed by atoms with Crippen LogP contribution < -0.4 is 38.1 Å². The van der Waals surface area contributed by atoms with Crippen LogP contribution in [0.3, 0.4) is 0 Å². The van der Waals surface area contributed by atoms with E-state index in [0.717, 1.165) is 5.56 Å². The number of nitrogens with one attached hydrogen (secondary N) is 5. The van der Waals surface area contributed by atoms with Gasteiger partial charge in [-0.3, -0.25) is 28.8 Å². The van der Waals surface area contributed by atoms with Crippen LogP contribution in [0, 0.1) is 0 Å². The maximum absolute atomic E-state index is 13.7. The van der Waals surface area contributed by atoms with Crippen molar-refractivity contribution < 1.29 is 33.9 Å². The monoisotopic (exact) mass is 623 g/mol. The fraction of sp³-hybridized carbons (Fsp3) is 0.419. The van der Waals surface area contributed by atoms with E-state index in [2.05, 4.69) is 26.6 Å². The van der Waals surface area contributed by atoms with Crippen molar-refractivity contribution in [2.24, 2.45) is 11.5 Å². The summed E-state index contributed by atoms with van der Waals surface area (Å²) in [6.45, 7) is 1.73. The second kappa shape index (κ2) is 16.8. The lowest BCUT2D eigenvalue weighted by atomic mass is 10.0. The van der Waals surface area contributed by atoms with E-state index in [1.165, 1.54) is 19.1 Å². The van der Waals surface area contributed by atoms with E-state index >= 15 is 0 Å². The molecule has 10 N–H and O–H groups in total. The van der Waals surface area contributed by atoms with Gasteiger partial charge in [-0.1, -0.05) is 42.5 Å². The zero-order valence-corrected chi connectivity index (χ0v) is 25.1. The Hall–Kier alpha value is -4.98. The predicted molar refractivity (Wildman–Crippen MR) is 164 cm³/mol. The van der Waals surface area contributed by atoms with E-state index < -0.39 is 72.1 Å². The Labute approximate surface area is 261 Å². The van der Waals surface area contributed by atoms with Gasteiger partial charge in [-0.2, -0.15) is 0 Å². The first-order valence-corrected chi connectivity index (χ1v) is 14.8.